The molecule has 0 atom stereocenters. The molecule has 152 valence electrons. The molecule has 0 bridgehead atoms. The molecule has 2 aromatic carbocycles. The second kappa shape index (κ2) is 8.78. The average Bonchev–Trinajstić information content (AvgIpc) is 2.72. The largest absolute Gasteiger partial charge is 0.497 e. The fraction of sp³-hybridized carbons (Fsp3) is 0.158. The highest BCUT2D eigenvalue weighted by molar-refractivity contribution is 6.33. The highest BCUT2D eigenvalue weighted by Crippen LogP contribution is 2.32. The van der Waals surface area contributed by atoms with Gasteiger partial charge in [0.1, 0.15) is 16.6 Å². The van der Waals surface area contributed by atoms with Crippen molar-refractivity contribution in [2.45, 2.75) is 0 Å². The Kier molecular flexibility index (Phi) is 6.18. The summed E-state index contributed by atoms with van der Waals surface area (Å²) in [7, 11) is 4.62. The Morgan fingerprint density at radius 1 is 0.931 bits per heavy atom. The fourth-order valence-electron chi connectivity index (χ4n) is 2.51. The van der Waals surface area contributed by atoms with Crippen LogP contribution in [0.1, 0.15) is 0 Å². The minimum absolute atomic E-state index is 0.0446. The van der Waals surface area contributed by atoms with Gasteiger partial charge >= 0.3 is 0 Å². The van der Waals surface area contributed by atoms with Crippen LogP contribution in [-0.2, 0) is 0 Å². The number of nitrogens with one attached hydrogen (secondary N) is 3. The highest BCUT2D eigenvalue weighted by atomic mass is 35.5. The standard InChI is InChI=1S/C19H18ClF2N5O2/c1-23-16-6-10(28-2)4-5-14(16)25-18-11(20)9-24-19(27-18)26-15-8-17(29-3)13(22)7-12(15)21/h4-9,23H,1-3H3,(H2,24,25,26,27). The minimum atomic E-state index is -0.816. The van der Waals surface area contributed by atoms with E-state index in [1.807, 2.05) is 0 Å². The molecule has 0 saturated heterocycles. The van der Waals surface area contributed by atoms with E-state index in [1.165, 1.54) is 19.4 Å². The number of halogens is 3. The molecule has 0 spiro atoms. The number of methoxy groups -OCH3 is 2. The monoisotopic (exact) mass is 421 g/mol. The van der Waals surface area contributed by atoms with Crippen molar-refractivity contribution >= 4 is 40.4 Å². The van der Waals surface area contributed by atoms with Crippen LogP contribution < -0.4 is 25.4 Å². The predicted octanol–water partition coefficient (Wildman–Crippen LogP) is 4.95. The summed E-state index contributed by atoms with van der Waals surface area (Å²) in [6, 6.07) is 7.26. The molecule has 0 saturated carbocycles. The summed E-state index contributed by atoms with van der Waals surface area (Å²) in [4.78, 5) is 8.31. The van der Waals surface area contributed by atoms with E-state index < -0.39 is 11.6 Å². The first-order valence-electron chi connectivity index (χ1n) is 8.40. The molecule has 0 aliphatic heterocycles. The van der Waals surface area contributed by atoms with Crippen LogP contribution in [0.5, 0.6) is 11.5 Å². The van der Waals surface area contributed by atoms with Gasteiger partial charge in [-0.3, -0.25) is 0 Å². The van der Waals surface area contributed by atoms with Crippen molar-refractivity contribution in [2.24, 2.45) is 0 Å². The Morgan fingerprint density at radius 2 is 1.72 bits per heavy atom. The summed E-state index contributed by atoms with van der Waals surface area (Å²) in [6.07, 6.45) is 1.36. The van der Waals surface area contributed by atoms with Crippen LogP contribution in [0.3, 0.4) is 0 Å². The van der Waals surface area contributed by atoms with Gasteiger partial charge in [-0.1, -0.05) is 11.6 Å². The molecule has 3 N–H and O–H groups in total. The molecule has 0 radical (unpaired) electrons. The molecule has 7 nitrogen and oxygen atoms in total. The normalized spacial score (nSPS) is 10.4. The molecule has 1 aromatic heterocycles. The maximum absolute atomic E-state index is 14.1. The van der Waals surface area contributed by atoms with E-state index >= 15 is 0 Å². The van der Waals surface area contributed by atoms with E-state index in [9.17, 15) is 8.78 Å². The Bertz CT molecular complexity index is 1040. The first-order chi connectivity index (χ1) is 13.9. The molecule has 3 aromatic rings. The van der Waals surface area contributed by atoms with Gasteiger partial charge in [-0.05, 0) is 12.1 Å². The lowest BCUT2D eigenvalue weighted by atomic mass is 10.2. The van der Waals surface area contributed by atoms with Crippen LogP contribution in [0, 0.1) is 11.6 Å². The first kappa shape index (κ1) is 20.4. The summed E-state index contributed by atoms with van der Waals surface area (Å²) in [5.74, 6) is -0.711. The van der Waals surface area contributed by atoms with Crippen molar-refractivity contribution in [3.05, 3.63) is 53.2 Å². The molecule has 0 aliphatic carbocycles. The topological polar surface area (TPSA) is 80.3 Å². The Balaban J connectivity index is 1.90. The van der Waals surface area contributed by atoms with Crippen molar-refractivity contribution in [1.82, 2.24) is 9.97 Å². The van der Waals surface area contributed by atoms with Crippen molar-refractivity contribution in [3.8, 4) is 11.5 Å². The molecular formula is C19H18ClF2N5O2. The van der Waals surface area contributed by atoms with Crippen molar-refractivity contribution in [1.29, 1.82) is 0 Å². The van der Waals surface area contributed by atoms with Gasteiger partial charge in [-0.2, -0.15) is 4.98 Å². The molecular weight excluding hydrogens is 404 g/mol. The van der Waals surface area contributed by atoms with Crippen LogP contribution in [0.4, 0.5) is 37.6 Å². The molecule has 10 heteroatoms. The second-order valence-corrected chi connectivity index (χ2v) is 6.18. The third-order valence-electron chi connectivity index (χ3n) is 3.98. The SMILES string of the molecule is CNc1cc(OC)ccc1Nc1nc(Nc2cc(OC)c(F)cc2F)ncc1Cl. The van der Waals surface area contributed by atoms with Crippen LogP contribution in [0.15, 0.2) is 36.5 Å². The van der Waals surface area contributed by atoms with Gasteiger partial charge in [0.05, 0.1) is 37.5 Å². The van der Waals surface area contributed by atoms with Crippen LogP contribution in [0.25, 0.3) is 0 Å². The maximum atomic E-state index is 14.1. The molecule has 1 heterocycles. The molecule has 0 aliphatic rings. The van der Waals surface area contributed by atoms with Crippen LogP contribution in [-0.4, -0.2) is 31.2 Å². The number of hydrogen-bond donors (Lipinski definition) is 3. The van der Waals surface area contributed by atoms with E-state index in [1.54, 1.807) is 32.4 Å². The molecule has 0 amide bonds. The molecule has 3 rings (SSSR count). The predicted molar refractivity (Wildman–Crippen MR) is 109 cm³/mol. The van der Waals surface area contributed by atoms with Gasteiger partial charge in [0.25, 0.3) is 0 Å². The van der Waals surface area contributed by atoms with Gasteiger partial charge in [0, 0.05) is 25.2 Å². The smallest absolute Gasteiger partial charge is 0.229 e. The van der Waals surface area contributed by atoms with Gasteiger partial charge in [-0.25, -0.2) is 13.8 Å². The lowest BCUT2D eigenvalue weighted by molar-refractivity contribution is 0.384. The maximum Gasteiger partial charge on any atom is 0.229 e. The molecule has 0 unspecified atom stereocenters. The first-order valence-corrected chi connectivity index (χ1v) is 8.78. The van der Waals surface area contributed by atoms with E-state index in [0.717, 1.165) is 5.69 Å². The fourth-order valence-corrected chi connectivity index (χ4v) is 2.65. The number of anilines is 5. The summed E-state index contributed by atoms with van der Waals surface area (Å²) < 4.78 is 37.7. The summed E-state index contributed by atoms with van der Waals surface area (Å²) in [5.41, 5.74) is 1.40. The van der Waals surface area contributed by atoms with Gasteiger partial charge < -0.3 is 25.4 Å². The number of nitrogens with zero attached hydrogens (tertiary/aromatic N) is 2. The average molecular weight is 422 g/mol. The highest BCUT2D eigenvalue weighted by Gasteiger charge is 2.14. The lowest BCUT2D eigenvalue weighted by Gasteiger charge is -2.14. The minimum Gasteiger partial charge on any atom is -0.497 e. The number of benzene rings is 2. The third kappa shape index (κ3) is 4.57. The van der Waals surface area contributed by atoms with Crippen LogP contribution in [0.2, 0.25) is 5.02 Å². The van der Waals surface area contributed by atoms with Gasteiger partial charge in [-0.15, -0.1) is 0 Å². The van der Waals surface area contributed by atoms with Gasteiger partial charge in [0.15, 0.2) is 17.4 Å². The van der Waals surface area contributed by atoms with Crippen LogP contribution >= 0.6 is 11.6 Å². The Morgan fingerprint density at radius 3 is 2.41 bits per heavy atom. The van der Waals surface area contributed by atoms with Crippen molar-refractivity contribution in [2.75, 3.05) is 37.2 Å². The van der Waals surface area contributed by atoms with Gasteiger partial charge in [0.2, 0.25) is 5.95 Å². The summed E-state index contributed by atoms with van der Waals surface area (Å²) in [6.45, 7) is 0. The van der Waals surface area contributed by atoms with Crippen molar-refractivity contribution < 1.29 is 18.3 Å². The quantitative estimate of drug-likeness (QED) is 0.497. The van der Waals surface area contributed by atoms with E-state index in [2.05, 4.69) is 25.9 Å². The second-order valence-electron chi connectivity index (χ2n) is 5.77. The van der Waals surface area contributed by atoms with E-state index in [0.29, 0.717) is 23.3 Å². The molecule has 0 fully saturated rings. The summed E-state index contributed by atoms with van der Waals surface area (Å²) >= 11 is 6.20. The van der Waals surface area contributed by atoms with E-state index in [-0.39, 0.29) is 22.4 Å². The zero-order valence-electron chi connectivity index (χ0n) is 15.8. The number of ether oxygens (including phenoxy) is 2. The zero-order valence-corrected chi connectivity index (χ0v) is 16.6. The number of aromatic nitrogens is 2. The molecule has 29 heavy (non-hydrogen) atoms. The number of hydrogen-bond acceptors (Lipinski definition) is 7. The number of rotatable bonds is 7. The third-order valence-corrected chi connectivity index (χ3v) is 4.26. The summed E-state index contributed by atoms with van der Waals surface area (Å²) in [5, 5.41) is 9.09. The van der Waals surface area contributed by atoms with Crippen molar-refractivity contribution in [3.63, 3.8) is 0 Å². The Labute approximate surface area is 171 Å². The lowest BCUT2D eigenvalue weighted by Crippen LogP contribution is -2.04. The zero-order chi connectivity index (χ0) is 21.0. The van der Waals surface area contributed by atoms with E-state index in [4.69, 9.17) is 21.1 Å². The Hall–Kier alpha value is -3.33.